The van der Waals surface area contributed by atoms with Gasteiger partial charge in [-0.15, -0.1) is 0 Å². The minimum Gasteiger partial charge on any atom is -0.317 e. The molecule has 0 saturated carbocycles. The molecule has 3 nitrogen and oxygen atoms in total. The highest BCUT2D eigenvalue weighted by molar-refractivity contribution is 7.22. The van der Waals surface area contributed by atoms with Crippen molar-refractivity contribution in [1.29, 1.82) is 5.26 Å². The average Bonchev–Trinajstić information content (AvgIpc) is 2.92. The van der Waals surface area contributed by atoms with E-state index in [0.29, 0.717) is 13.0 Å². The molecule has 0 N–H and O–H groups in total. The maximum atomic E-state index is 8.86. The Kier molecular flexibility index (Phi) is 3.62. The lowest BCUT2D eigenvalue weighted by Gasteiger charge is -2.20. The van der Waals surface area contributed by atoms with Crippen LogP contribution in [0.15, 0.2) is 54.6 Å². The summed E-state index contributed by atoms with van der Waals surface area (Å²) in [4.78, 5) is 6.78. The van der Waals surface area contributed by atoms with Gasteiger partial charge >= 0.3 is 0 Å². The quantitative estimate of drug-likeness (QED) is 0.713. The van der Waals surface area contributed by atoms with E-state index in [9.17, 15) is 0 Å². The molecule has 0 saturated heterocycles. The van der Waals surface area contributed by atoms with Gasteiger partial charge in [-0.2, -0.15) is 5.26 Å². The normalized spacial score (nSPS) is 10.3. The molecule has 0 unspecified atom stereocenters. The topological polar surface area (TPSA) is 39.9 Å². The highest BCUT2D eigenvalue weighted by Crippen LogP contribution is 2.33. The molecule has 0 amide bonds. The fourth-order valence-corrected chi connectivity index (χ4v) is 3.09. The molecule has 4 heteroatoms. The smallest absolute Gasteiger partial charge is 0.190 e. The van der Waals surface area contributed by atoms with Crippen LogP contribution in [0.4, 0.5) is 10.8 Å². The highest BCUT2D eigenvalue weighted by Gasteiger charge is 2.13. The van der Waals surface area contributed by atoms with Crippen LogP contribution in [0.2, 0.25) is 0 Å². The van der Waals surface area contributed by atoms with Crippen molar-refractivity contribution >= 4 is 32.4 Å². The van der Waals surface area contributed by atoms with Crippen LogP contribution in [0.3, 0.4) is 0 Å². The molecule has 3 rings (SSSR count). The highest BCUT2D eigenvalue weighted by atomic mass is 32.1. The molecule has 0 aliphatic carbocycles. The van der Waals surface area contributed by atoms with Gasteiger partial charge in [0.05, 0.1) is 22.7 Å². The predicted molar refractivity (Wildman–Crippen MR) is 83.3 cm³/mol. The number of hydrogen-bond acceptors (Lipinski definition) is 4. The first-order chi connectivity index (χ1) is 9.88. The zero-order chi connectivity index (χ0) is 13.8. The summed E-state index contributed by atoms with van der Waals surface area (Å²) in [6.45, 7) is 0.653. The summed E-state index contributed by atoms with van der Waals surface area (Å²) in [5.41, 5.74) is 2.08. The van der Waals surface area contributed by atoms with E-state index in [0.717, 1.165) is 16.3 Å². The molecule has 2 aromatic carbocycles. The molecule has 3 aromatic rings. The van der Waals surface area contributed by atoms with Crippen molar-refractivity contribution in [3.05, 3.63) is 54.6 Å². The van der Waals surface area contributed by atoms with E-state index in [-0.39, 0.29) is 0 Å². The summed E-state index contributed by atoms with van der Waals surface area (Å²) in [7, 11) is 0. The Balaban J connectivity index is 2.02. The van der Waals surface area contributed by atoms with Crippen molar-refractivity contribution in [2.45, 2.75) is 6.42 Å². The zero-order valence-electron chi connectivity index (χ0n) is 10.9. The number of benzene rings is 2. The third kappa shape index (κ3) is 2.49. The molecule has 1 aromatic heterocycles. The van der Waals surface area contributed by atoms with E-state index in [1.54, 1.807) is 11.3 Å². The fraction of sp³-hybridized carbons (Fsp3) is 0.125. The van der Waals surface area contributed by atoms with Gasteiger partial charge in [0.1, 0.15) is 0 Å². The Morgan fingerprint density at radius 1 is 1.05 bits per heavy atom. The molecule has 0 spiro atoms. The molecule has 0 aliphatic heterocycles. The zero-order valence-corrected chi connectivity index (χ0v) is 11.7. The summed E-state index contributed by atoms with van der Waals surface area (Å²) in [6, 6.07) is 20.4. The van der Waals surface area contributed by atoms with Gasteiger partial charge in [0, 0.05) is 12.2 Å². The van der Waals surface area contributed by atoms with Gasteiger partial charge in [0.25, 0.3) is 0 Å². The first-order valence-corrected chi connectivity index (χ1v) is 7.25. The van der Waals surface area contributed by atoms with E-state index >= 15 is 0 Å². The van der Waals surface area contributed by atoms with E-state index in [1.165, 1.54) is 4.70 Å². The minimum absolute atomic E-state index is 0.477. The van der Waals surface area contributed by atoms with Gasteiger partial charge in [0.2, 0.25) is 0 Å². The number of nitriles is 1. The van der Waals surface area contributed by atoms with E-state index in [2.05, 4.69) is 22.0 Å². The Morgan fingerprint density at radius 2 is 1.80 bits per heavy atom. The number of para-hydroxylation sites is 2. The summed E-state index contributed by atoms with van der Waals surface area (Å²) < 4.78 is 1.17. The van der Waals surface area contributed by atoms with Gasteiger partial charge in [0.15, 0.2) is 5.13 Å². The molecular weight excluding hydrogens is 266 g/mol. The maximum Gasteiger partial charge on any atom is 0.190 e. The second-order valence-electron chi connectivity index (χ2n) is 4.36. The van der Waals surface area contributed by atoms with Gasteiger partial charge in [-0.1, -0.05) is 41.7 Å². The van der Waals surface area contributed by atoms with Crippen LogP contribution in [0.5, 0.6) is 0 Å². The molecule has 0 aliphatic rings. The summed E-state index contributed by atoms with van der Waals surface area (Å²) in [5, 5.41) is 9.79. The lowest BCUT2D eigenvalue weighted by Crippen LogP contribution is -2.17. The molecule has 1 heterocycles. The Morgan fingerprint density at radius 3 is 2.55 bits per heavy atom. The van der Waals surface area contributed by atoms with E-state index in [1.807, 2.05) is 48.5 Å². The van der Waals surface area contributed by atoms with Gasteiger partial charge in [-0.3, -0.25) is 0 Å². The second-order valence-corrected chi connectivity index (χ2v) is 5.37. The molecule has 0 bridgehead atoms. The third-order valence-electron chi connectivity index (χ3n) is 3.03. The maximum absolute atomic E-state index is 8.86. The van der Waals surface area contributed by atoms with Gasteiger partial charge < -0.3 is 4.90 Å². The third-order valence-corrected chi connectivity index (χ3v) is 4.09. The van der Waals surface area contributed by atoms with Crippen LogP contribution in [-0.2, 0) is 0 Å². The first-order valence-electron chi connectivity index (χ1n) is 6.43. The van der Waals surface area contributed by atoms with Crippen LogP contribution in [-0.4, -0.2) is 11.5 Å². The van der Waals surface area contributed by atoms with Crippen LogP contribution >= 0.6 is 11.3 Å². The molecule has 20 heavy (non-hydrogen) atoms. The monoisotopic (exact) mass is 279 g/mol. The van der Waals surface area contributed by atoms with Crippen molar-refractivity contribution in [2.24, 2.45) is 0 Å². The van der Waals surface area contributed by atoms with Gasteiger partial charge in [-0.25, -0.2) is 4.98 Å². The summed E-state index contributed by atoms with van der Waals surface area (Å²) >= 11 is 1.66. The predicted octanol–water partition coefficient (Wildman–Crippen LogP) is 4.35. The van der Waals surface area contributed by atoms with Crippen LogP contribution in [0.25, 0.3) is 10.2 Å². The standard InChI is InChI=1S/C16H13N3S/c17-11-6-12-19(13-7-2-1-3-8-13)16-18-14-9-4-5-10-15(14)20-16/h1-5,7-10H,6,12H2. The summed E-state index contributed by atoms with van der Waals surface area (Å²) in [6.07, 6.45) is 0.477. The van der Waals surface area contributed by atoms with Crippen LogP contribution < -0.4 is 4.90 Å². The molecule has 0 fully saturated rings. The van der Waals surface area contributed by atoms with Crippen molar-refractivity contribution in [1.82, 2.24) is 4.98 Å². The summed E-state index contributed by atoms with van der Waals surface area (Å²) in [5.74, 6) is 0. The van der Waals surface area contributed by atoms with Crippen molar-refractivity contribution < 1.29 is 0 Å². The molecule has 0 atom stereocenters. The molecule has 0 radical (unpaired) electrons. The number of aromatic nitrogens is 1. The van der Waals surface area contributed by atoms with Crippen LogP contribution in [0, 0.1) is 11.3 Å². The minimum atomic E-state index is 0.477. The molecule has 98 valence electrons. The lowest BCUT2D eigenvalue weighted by atomic mass is 10.3. The number of hydrogen-bond donors (Lipinski definition) is 0. The Hall–Kier alpha value is -2.38. The van der Waals surface area contributed by atoms with Crippen LogP contribution in [0.1, 0.15) is 6.42 Å². The van der Waals surface area contributed by atoms with Crippen molar-refractivity contribution in [3.8, 4) is 6.07 Å². The van der Waals surface area contributed by atoms with Gasteiger partial charge in [-0.05, 0) is 24.3 Å². The van der Waals surface area contributed by atoms with Crippen molar-refractivity contribution in [3.63, 3.8) is 0 Å². The van der Waals surface area contributed by atoms with E-state index < -0.39 is 0 Å². The largest absolute Gasteiger partial charge is 0.317 e. The number of nitrogens with zero attached hydrogens (tertiary/aromatic N) is 3. The fourth-order valence-electron chi connectivity index (χ4n) is 2.08. The first kappa shape index (κ1) is 12.6. The average molecular weight is 279 g/mol. The molecular formula is C16H13N3S. The number of thiazole rings is 1. The number of rotatable bonds is 4. The second kappa shape index (κ2) is 5.72. The van der Waals surface area contributed by atoms with Crippen molar-refractivity contribution in [2.75, 3.05) is 11.4 Å². The number of anilines is 2. The lowest BCUT2D eigenvalue weighted by molar-refractivity contribution is 0.943. The Labute approximate surface area is 121 Å². The SMILES string of the molecule is N#CCCN(c1ccccc1)c1nc2ccccc2s1. The Bertz CT molecular complexity index is 710. The number of fused-ring (bicyclic) bond motifs is 1. The van der Waals surface area contributed by atoms with E-state index in [4.69, 9.17) is 5.26 Å².